The SMILES string of the molecule is CCOc1cc(/C=N/NC(=O)c2ccc(NC(=O)CC)cc2)ccc1OC(=O)c1cccc(C)c1. The highest BCUT2D eigenvalue weighted by Gasteiger charge is 2.13. The summed E-state index contributed by atoms with van der Waals surface area (Å²) in [6.07, 6.45) is 1.83. The van der Waals surface area contributed by atoms with E-state index in [9.17, 15) is 14.4 Å². The molecule has 0 aliphatic heterocycles. The Kier molecular flexibility index (Phi) is 8.72. The number of nitrogens with zero attached hydrogens (tertiary/aromatic N) is 1. The average Bonchev–Trinajstić information content (AvgIpc) is 2.86. The minimum Gasteiger partial charge on any atom is -0.490 e. The second-order valence-electron chi connectivity index (χ2n) is 7.58. The Morgan fingerprint density at radius 1 is 0.914 bits per heavy atom. The van der Waals surface area contributed by atoms with E-state index in [4.69, 9.17) is 9.47 Å². The summed E-state index contributed by atoms with van der Waals surface area (Å²) in [5.41, 5.74) is 5.51. The van der Waals surface area contributed by atoms with Crippen molar-refractivity contribution in [2.45, 2.75) is 27.2 Å². The van der Waals surface area contributed by atoms with E-state index in [1.165, 1.54) is 6.21 Å². The molecule has 0 atom stereocenters. The third kappa shape index (κ3) is 7.26. The molecule has 0 heterocycles. The summed E-state index contributed by atoms with van der Waals surface area (Å²) in [5, 5.41) is 6.72. The Morgan fingerprint density at radius 2 is 1.69 bits per heavy atom. The molecule has 0 aromatic heterocycles. The molecule has 3 rings (SSSR count). The number of nitrogens with one attached hydrogen (secondary N) is 2. The van der Waals surface area contributed by atoms with Gasteiger partial charge in [0.2, 0.25) is 5.91 Å². The fourth-order valence-electron chi connectivity index (χ4n) is 3.07. The number of hydrogen-bond acceptors (Lipinski definition) is 6. The number of rotatable bonds is 9. The van der Waals surface area contributed by atoms with Crippen LogP contribution in [0.2, 0.25) is 0 Å². The van der Waals surface area contributed by atoms with Crippen LogP contribution in [0.5, 0.6) is 11.5 Å². The van der Waals surface area contributed by atoms with Crippen molar-refractivity contribution in [2.75, 3.05) is 11.9 Å². The lowest BCUT2D eigenvalue weighted by Gasteiger charge is -2.11. The van der Waals surface area contributed by atoms with Gasteiger partial charge in [0.1, 0.15) is 0 Å². The Hall–Kier alpha value is -4.46. The number of esters is 1. The number of hydrazone groups is 1. The highest BCUT2D eigenvalue weighted by atomic mass is 16.6. The first-order valence-electron chi connectivity index (χ1n) is 11.2. The van der Waals surface area contributed by atoms with Gasteiger partial charge in [0.25, 0.3) is 5.91 Å². The van der Waals surface area contributed by atoms with E-state index in [2.05, 4.69) is 15.8 Å². The Balaban J connectivity index is 1.65. The van der Waals surface area contributed by atoms with Gasteiger partial charge in [-0.3, -0.25) is 9.59 Å². The molecular formula is C27H27N3O5. The first-order valence-corrected chi connectivity index (χ1v) is 11.2. The highest BCUT2D eigenvalue weighted by Crippen LogP contribution is 2.29. The van der Waals surface area contributed by atoms with Crippen molar-refractivity contribution in [1.82, 2.24) is 5.43 Å². The minimum absolute atomic E-state index is 0.103. The molecule has 8 heteroatoms. The van der Waals surface area contributed by atoms with E-state index < -0.39 is 11.9 Å². The molecule has 0 saturated carbocycles. The van der Waals surface area contributed by atoms with Crippen LogP contribution in [0.25, 0.3) is 0 Å². The van der Waals surface area contributed by atoms with Crippen molar-refractivity contribution in [3.05, 3.63) is 89.0 Å². The van der Waals surface area contributed by atoms with E-state index in [1.807, 2.05) is 19.9 Å². The molecule has 0 aliphatic carbocycles. The van der Waals surface area contributed by atoms with Crippen LogP contribution >= 0.6 is 0 Å². The first kappa shape index (κ1) is 25.2. The van der Waals surface area contributed by atoms with E-state index in [1.54, 1.807) is 67.6 Å². The van der Waals surface area contributed by atoms with Crippen LogP contribution in [0.15, 0.2) is 71.8 Å². The van der Waals surface area contributed by atoms with Gasteiger partial charge in [-0.25, -0.2) is 10.2 Å². The number of amides is 2. The fourth-order valence-corrected chi connectivity index (χ4v) is 3.07. The predicted octanol–water partition coefficient (Wildman–Crippen LogP) is 4.73. The zero-order valence-electron chi connectivity index (χ0n) is 19.8. The van der Waals surface area contributed by atoms with Crippen LogP contribution in [-0.4, -0.2) is 30.6 Å². The van der Waals surface area contributed by atoms with E-state index >= 15 is 0 Å². The molecule has 8 nitrogen and oxygen atoms in total. The van der Waals surface area contributed by atoms with Crippen LogP contribution in [-0.2, 0) is 4.79 Å². The maximum absolute atomic E-state index is 12.5. The maximum Gasteiger partial charge on any atom is 0.343 e. The number of ether oxygens (including phenoxy) is 2. The Bertz CT molecular complexity index is 1240. The fraction of sp³-hybridized carbons (Fsp3) is 0.185. The predicted molar refractivity (Wildman–Crippen MR) is 134 cm³/mol. The smallest absolute Gasteiger partial charge is 0.343 e. The lowest BCUT2D eigenvalue weighted by atomic mass is 10.1. The molecule has 2 amide bonds. The Morgan fingerprint density at radius 3 is 2.37 bits per heavy atom. The van der Waals surface area contributed by atoms with Crippen LogP contribution in [0, 0.1) is 6.92 Å². The van der Waals surface area contributed by atoms with Crippen molar-refractivity contribution < 1.29 is 23.9 Å². The van der Waals surface area contributed by atoms with Gasteiger partial charge in [-0.2, -0.15) is 5.10 Å². The lowest BCUT2D eigenvalue weighted by Crippen LogP contribution is -2.17. The third-order valence-electron chi connectivity index (χ3n) is 4.86. The topological polar surface area (TPSA) is 106 Å². The zero-order chi connectivity index (χ0) is 25.2. The van der Waals surface area contributed by atoms with Crippen molar-refractivity contribution >= 4 is 29.7 Å². The van der Waals surface area contributed by atoms with Gasteiger partial charge in [0.05, 0.1) is 18.4 Å². The molecule has 180 valence electrons. The minimum atomic E-state index is -0.483. The van der Waals surface area contributed by atoms with Crippen LogP contribution < -0.4 is 20.2 Å². The van der Waals surface area contributed by atoms with Gasteiger partial charge in [-0.1, -0.05) is 24.6 Å². The van der Waals surface area contributed by atoms with Gasteiger partial charge in [0, 0.05) is 17.7 Å². The van der Waals surface area contributed by atoms with Crippen molar-refractivity contribution in [3.8, 4) is 11.5 Å². The summed E-state index contributed by atoms with van der Waals surface area (Å²) in [5.74, 6) is -0.315. The van der Waals surface area contributed by atoms with Crippen LogP contribution in [0.1, 0.15) is 52.1 Å². The molecule has 0 unspecified atom stereocenters. The van der Waals surface area contributed by atoms with E-state index in [-0.39, 0.29) is 11.7 Å². The average molecular weight is 474 g/mol. The summed E-state index contributed by atoms with van der Waals surface area (Å²) in [7, 11) is 0. The number of carbonyl (C=O) groups excluding carboxylic acids is 3. The second kappa shape index (κ2) is 12.1. The number of hydrogen-bond donors (Lipinski definition) is 2. The highest BCUT2D eigenvalue weighted by molar-refractivity contribution is 5.96. The molecule has 3 aromatic carbocycles. The van der Waals surface area contributed by atoms with Crippen molar-refractivity contribution in [2.24, 2.45) is 5.10 Å². The van der Waals surface area contributed by atoms with Gasteiger partial charge in [-0.15, -0.1) is 0 Å². The molecule has 35 heavy (non-hydrogen) atoms. The quantitative estimate of drug-likeness (QED) is 0.202. The first-order chi connectivity index (χ1) is 16.9. The molecule has 2 N–H and O–H groups in total. The summed E-state index contributed by atoms with van der Waals surface area (Å²) >= 11 is 0. The lowest BCUT2D eigenvalue weighted by molar-refractivity contribution is -0.115. The Labute approximate surface area is 204 Å². The monoisotopic (exact) mass is 473 g/mol. The van der Waals surface area contributed by atoms with Gasteiger partial charge < -0.3 is 14.8 Å². The standard InChI is InChI=1S/C27H27N3O5/c1-4-25(31)29-22-12-10-20(11-13-22)26(32)30-28-17-19-9-14-23(24(16-19)34-5-2)35-27(33)21-8-6-7-18(3)15-21/h6-17H,4-5H2,1-3H3,(H,29,31)(H,30,32)/b28-17+. The zero-order valence-corrected chi connectivity index (χ0v) is 19.8. The molecular weight excluding hydrogens is 446 g/mol. The normalized spacial score (nSPS) is 10.6. The number of aryl methyl sites for hydroxylation is 1. The number of carbonyl (C=O) groups is 3. The second-order valence-corrected chi connectivity index (χ2v) is 7.58. The molecule has 3 aromatic rings. The summed E-state index contributed by atoms with van der Waals surface area (Å²) < 4.78 is 11.2. The molecule has 0 saturated heterocycles. The van der Waals surface area contributed by atoms with Crippen molar-refractivity contribution in [1.29, 1.82) is 0 Å². The summed E-state index contributed by atoms with van der Waals surface area (Å²) in [4.78, 5) is 36.3. The van der Waals surface area contributed by atoms with E-state index in [0.29, 0.717) is 41.2 Å². The van der Waals surface area contributed by atoms with Gasteiger partial charge in [0.15, 0.2) is 11.5 Å². The summed E-state index contributed by atoms with van der Waals surface area (Å²) in [6.45, 7) is 5.86. The third-order valence-corrected chi connectivity index (χ3v) is 4.86. The summed E-state index contributed by atoms with van der Waals surface area (Å²) in [6, 6.07) is 18.6. The maximum atomic E-state index is 12.5. The molecule has 0 fully saturated rings. The van der Waals surface area contributed by atoms with Gasteiger partial charge in [-0.05, 0) is 74.0 Å². The van der Waals surface area contributed by atoms with E-state index in [0.717, 1.165) is 5.56 Å². The number of benzene rings is 3. The largest absolute Gasteiger partial charge is 0.490 e. The van der Waals surface area contributed by atoms with Crippen molar-refractivity contribution in [3.63, 3.8) is 0 Å². The van der Waals surface area contributed by atoms with Gasteiger partial charge >= 0.3 is 5.97 Å². The molecule has 0 aliphatic rings. The molecule has 0 spiro atoms. The van der Waals surface area contributed by atoms with Crippen LogP contribution in [0.4, 0.5) is 5.69 Å². The van der Waals surface area contributed by atoms with Crippen LogP contribution in [0.3, 0.4) is 0 Å². The number of anilines is 1. The molecule has 0 bridgehead atoms. The molecule has 0 radical (unpaired) electrons.